The van der Waals surface area contributed by atoms with Crippen molar-refractivity contribution in [3.05, 3.63) is 40.9 Å². The van der Waals surface area contributed by atoms with Crippen LogP contribution >= 0.6 is 0 Å². The SMILES string of the molecule is O=C(C[C@@H]1CCNC1)N1CCC(n2cnc3ccccc3c2=O)CC1. The Bertz CT molecular complexity index is 818. The Labute approximate surface area is 146 Å². The fraction of sp³-hybridized carbons (Fsp3) is 0.526. The summed E-state index contributed by atoms with van der Waals surface area (Å²) in [7, 11) is 0. The van der Waals surface area contributed by atoms with Gasteiger partial charge in [0.1, 0.15) is 0 Å². The van der Waals surface area contributed by atoms with Gasteiger partial charge in [-0.2, -0.15) is 0 Å². The van der Waals surface area contributed by atoms with Gasteiger partial charge in [0, 0.05) is 25.6 Å². The predicted molar refractivity (Wildman–Crippen MR) is 96.4 cm³/mol. The van der Waals surface area contributed by atoms with Crippen molar-refractivity contribution in [1.29, 1.82) is 0 Å². The van der Waals surface area contributed by atoms with Gasteiger partial charge in [0.2, 0.25) is 5.91 Å². The lowest BCUT2D eigenvalue weighted by molar-refractivity contribution is -0.133. The monoisotopic (exact) mass is 340 g/mol. The van der Waals surface area contributed by atoms with Gasteiger partial charge in [-0.3, -0.25) is 14.2 Å². The van der Waals surface area contributed by atoms with Gasteiger partial charge in [-0.05, 0) is 50.4 Å². The van der Waals surface area contributed by atoms with E-state index in [1.165, 1.54) is 0 Å². The number of piperidine rings is 1. The Hall–Kier alpha value is -2.21. The maximum atomic E-state index is 12.7. The summed E-state index contributed by atoms with van der Waals surface area (Å²) in [6, 6.07) is 7.58. The van der Waals surface area contributed by atoms with E-state index in [-0.39, 0.29) is 17.5 Å². The quantitative estimate of drug-likeness (QED) is 0.921. The molecule has 4 rings (SSSR count). The number of hydrogen-bond acceptors (Lipinski definition) is 4. The summed E-state index contributed by atoms with van der Waals surface area (Å²) in [5.41, 5.74) is 0.758. The van der Waals surface area contributed by atoms with Crippen molar-refractivity contribution in [3.63, 3.8) is 0 Å². The minimum atomic E-state index is 0.0207. The summed E-state index contributed by atoms with van der Waals surface area (Å²) < 4.78 is 1.75. The summed E-state index contributed by atoms with van der Waals surface area (Å²) in [5.74, 6) is 0.744. The average molecular weight is 340 g/mol. The Morgan fingerprint density at radius 3 is 2.76 bits per heavy atom. The van der Waals surface area contributed by atoms with E-state index in [9.17, 15) is 9.59 Å². The van der Waals surface area contributed by atoms with Gasteiger partial charge in [-0.15, -0.1) is 0 Å². The third-order valence-electron chi connectivity index (χ3n) is 5.53. The second kappa shape index (κ2) is 6.96. The normalized spacial score (nSPS) is 21.8. The third kappa shape index (κ3) is 3.31. The second-order valence-electron chi connectivity index (χ2n) is 7.15. The molecular formula is C19H24N4O2. The molecule has 3 heterocycles. The lowest BCUT2D eigenvalue weighted by Gasteiger charge is -2.33. The van der Waals surface area contributed by atoms with Crippen LogP contribution in [0.5, 0.6) is 0 Å². The molecule has 2 aliphatic rings. The number of aromatic nitrogens is 2. The molecule has 1 aromatic heterocycles. The van der Waals surface area contributed by atoms with Crippen molar-refractivity contribution in [2.24, 2.45) is 5.92 Å². The number of benzene rings is 1. The predicted octanol–water partition coefficient (Wildman–Crippen LogP) is 1.56. The zero-order valence-electron chi connectivity index (χ0n) is 14.4. The number of fused-ring (bicyclic) bond motifs is 1. The summed E-state index contributed by atoms with van der Waals surface area (Å²) in [6.45, 7) is 3.43. The first-order valence-corrected chi connectivity index (χ1v) is 9.17. The molecule has 0 spiro atoms. The van der Waals surface area contributed by atoms with Crippen molar-refractivity contribution in [2.75, 3.05) is 26.2 Å². The number of nitrogens with one attached hydrogen (secondary N) is 1. The second-order valence-corrected chi connectivity index (χ2v) is 7.15. The molecule has 2 aliphatic heterocycles. The van der Waals surface area contributed by atoms with Crippen molar-refractivity contribution >= 4 is 16.8 Å². The van der Waals surface area contributed by atoms with Gasteiger partial charge in [-0.25, -0.2) is 4.98 Å². The van der Waals surface area contributed by atoms with Gasteiger partial charge in [-0.1, -0.05) is 12.1 Å². The number of nitrogens with zero attached hydrogens (tertiary/aromatic N) is 3. The maximum absolute atomic E-state index is 12.7. The summed E-state index contributed by atoms with van der Waals surface area (Å²) in [4.78, 5) is 31.5. The minimum Gasteiger partial charge on any atom is -0.343 e. The number of likely N-dealkylation sites (tertiary alicyclic amines) is 1. The molecule has 2 saturated heterocycles. The molecule has 1 N–H and O–H groups in total. The van der Waals surface area contributed by atoms with E-state index in [1.54, 1.807) is 10.9 Å². The minimum absolute atomic E-state index is 0.0207. The molecule has 0 unspecified atom stereocenters. The molecule has 1 amide bonds. The number of carbonyl (C=O) groups is 1. The van der Waals surface area contributed by atoms with Crippen LogP contribution in [-0.2, 0) is 4.79 Å². The highest BCUT2D eigenvalue weighted by molar-refractivity contribution is 5.77. The number of amides is 1. The van der Waals surface area contributed by atoms with Crippen LogP contribution in [-0.4, -0.2) is 46.5 Å². The molecule has 2 fully saturated rings. The Morgan fingerprint density at radius 1 is 1.20 bits per heavy atom. The smallest absolute Gasteiger partial charge is 0.261 e. The summed E-state index contributed by atoms with van der Waals surface area (Å²) >= 11 is 0. The molecule has 2 aromatic rings. The fourth-order valence-corrected chi connectivity index (χ4v) is 4.00. The highest BCUT2D eigenvalue weighted by Crippen LogP contribution is 2.23. The molecular weight excluding hydrogens is 316 g/mol. The van der Waals surface area contributed by atoms with Gasteiger partial charge >= 0.3 is 0 Å². The van der Waals surface area contributed by atoms with E-state index in [1.807, 2.05) is 29.2 Å². The lowest BCUT2D eigenvalue weighted by Crippen LogP contribution is -2.41. The van der Waals surface area contributed by atoms with E-state index in [2.05, 4.69) is 10.3 Å². The van der Waals surface area contributed by atoms with Crippen molar-refractivity contribution in [1.82, 2.24) is 19.8 Å². The zero-order chi connectivity index (χ0) is 17.2. The maximum Gasteiger partial charge on any atom is 0.261 e. The highest BCUT2D eigenvalue weighted by atomic mass is 16.2. The first kappa shape index (κ1) is 16.3. The van der Waals surface area contributed by atoms with E-state index in [0.29, 0.717) is 17.7 Å². The van der Waals surface area contributed by atoms with Crippen molar-refractivity contribution in [3.8, 4) is 0 Å². The van der Waals surface area contributed by atoms with E-state index in [4.69, 9.17) is 0 Å². The molecule has 25 heavy (non-hydrogen) atoms. The molecule has 0 saturated carbocycles. The molecule has 0 aliphatic carbocycles. The Balaban J connectivity index is 1.42. The first-order chi connectivity index (χ1) is 12.2. The first-order valence-electron chi connectivity index (χ1n) is 9.17. The van der Waals surface area contributed by atoms with Crippen LogP contribution in [0.2, 0.25) is 0 Å². The van der Waals surface area contributed by atoms with Crippen LogP contribution in [0.4, 0.5) is 0 Å². The zero-order valence-corrected chi connectivity index (χ0v) is 14.4. The summed E-state index contributed by atoms with van der Waals surface area (Å²) in [6.07, 6.45) is 5.04. The van der Waals surface area contributed by atoms with E-state index >= 15 is 0 Å². The van der Waals surface area contributed by atoms with E-state index < -0.39 is 0 Å². The van der Waals surface area contributed by atoms with Crippen LogP contribution in [0.1, 0.15) is 31.7 Å². The van der Waals surface area contributed by atoms with Crippen LogP contribution in [0.15, 0.2) is 35.4 Å². The van der Waals surface area contributed by atoms with E-state index in [0.717, 1.165) is 51.0 Å². The Kier molecular flexibility index (Phi) is 4.53. The average Bonchev–Trinajstić information content (AvgIpc) is 3.15. The van der Waals surface area contributed by atoms with Crippen LogP contribution in [0, 0.1) is 5.92 Å². The largest absolute Gasteiger partial charge is 0.343 e. The number of carbonyl (C=O) groups excluding carboxylic acids is 1. The van der Waals surface area contributed by atoms with Crippen LogP contribution in [0.3, 0.4) is 0 Å². The van der Waals surface area contributed by atoms with Gasteiger partial charge in [0.25, 0.3) is 5.56 Å². The van der Waals surface area contributed by atoms with Crippen molar-refractivity contribution in [2.45, 2.75) is 31.7 Å². The number of hydrogen-bond donors (Lipinski definition) is 1. The Morgan fingerprint density at radius 2 is 2.00 bits per heavy atom. The molecule has 0 bridgehead atoms. The molecule has 1 atom stereocenters. The van der Waals surface area contributed by atoms with Crippen LogP contribution < -0.4 is 10.9 Å². The third-order valence-corrected chi connectivity index (χ3v) is 5.53. The fourth-order valence-electron chi connectivity index (χ4n) is 4.00. The molecule has 0 radical (unpaired) electrons. The molecule has 6 heteroatoms. The standard InChI is InChI=1S/C19H24N4O2/c24-18(11-14-5-8-20-12-14)22-9-6-15(7-10-22)23-13-21-17-4-2-1-3-16(17)19(23)25/h1-4,13-15,20H,5-12H2/t14-/m0/s1. The lowest BCUT2D eigenvalue weighted by atomic mass is 10.0. The molecule has 132 valence electrons. The van der Waals surface area contributed by atoms with Gasteiger partial charge in [0.05, 0.1) is 17.2 Å². The molecule has 6 nitrogen and oxygen atoms in total. The summed E-state index contributed by atoms with van der Waals surface area (Å²) in [5, 5.41) is 3.98. The van der Waals surface area contributed by atoms with Gasteiger partial charge in [0.15, 0.2) is 0 Å². The van der Waals surface area contributed by atoms with Crippen molar-refractivity contribution < 1.29 is 4.79 Å². The molecule has 1 aromatic carbocycles. The number of rotatable bonds is 3. The highest BCUT2D eigenvalue weighted by Gasteiger charge is 2.27. The van der Waals surface area contributed by atoms with Gasteiger partial charge < -0.3 is 10.2 Å². The van der Waals surface area contributed by atoms with Crippen LogP contribution in [0.25, 0.3) is 10.9 Å². The topological polar surface area (TPSA) is 67.2 Å². The number of para-hydroxylation sites is 1.